The van der Waals surface area contributed by atoms with Gasteiger partial charge in [0.1, 0.15) is 5.75 Å². The third-order valence-corrected chi connectivity index (χ3v) is 3.84. The fourth-order valence-electron chi connectivity index (χ4n) is 2.59. The van der Waals surface area contributed by atoms with Crippen molar-refractivity contribution in [2.24, 2.45) is 0 Å². The van der Waals surface area contributed by atoms with Crippen LogP contribution in [0.2, 0.25) is 0 Å². The SMILES string of the molecule is CCCOc1ccc(C(=O)CCN2CCNCC2)c(C)c1. The van der Waals surface area contributed by atoms with Gasteiger partial charge in [-0.05, 0) is 37.1 Å². The number of carbonyl (C=O) groups is 1. The first-order valence-corrected chi connectivity index (χ1v) is 7.90. The zero-order valence-corrected chi connectivity index (χ0v) is 13.2. The van der Waals surface area contributed by atoms with E-state index in [-0.39, 0.29) is 5.78 Å². The van der Waals surface area contributed by atoms with Gasteiger partial charge in [0.25, 0.3) is 0 Å². The predicted octanol–water partition coefficient (Wildman–Crippen LogP) is 2.26. The van der Waals surface area contributed by atoms with Crippen LogP contribution in [0.5, 0.6) is 5.75 Å². The van der Waals surface area contributed by atoms with Crippen molar-refractivity contribution in [1.82, 2.24) is 10.2 Å². The summed E-state index contributed by atoms with van der Waals surface area (Å²) in [5.74, 6) is 1.08. The van der Waals surface area contributed by atoms with Gasteiger partial charge in [-0.3, -0.25) is 4.79 Å². The molecule has 0 unspecified atom stereocenters. The van der Waals surface area contributed by atoms with Crippen LogP contribution in [0.3, 0.4) is 0 Å². The van der Waals surface area contributed by atoms with E-state index in [9.17, 15) is 4.79 Å². The largest absolute Gasteiger partial charge is 0.494 e. The molecule has 116 valence electrons. The van der Waals surface area contributed by atoms with Crippen LogP contribution >= 0.6 is 0 Å². The van der Waals surface area contributed by atoms with Crippen LogP contribution in [0.1, 0.15) is 35.7 Å². The average Bonchev–Trinajstić information content (AvgIpc) is 2.51. The lowest BCUT2D eigenvalue weighted by atomic mass is 10.0. The monoisotopic (exact) mass is 290 g/mol. The van der Waals surface area contributed by atoms with E-state index in [0.717, 1.165) is 62.6 Å². The molecule has 1 aliphatic rings. The molecule has 0 atom stereocenters. The summed E-state index contributed by atoms with van der Waals surface area (Å²) in [5, 5.41) is 3.33. The Balaban J connectivity index is 1.89. The van der Waals surface area contributed by atoms with E-state index >= 15 is 0 Å². The maximum Gasteiger partial charge on any atom is 0.164 e. The van der Waals surface area contributed by atoms with Crippen molar-refractivity contribution < 1.29 is 9.53 Å². The summed E-state index contributed by atoms with van der Waals surface area (Å²) in [6.45, 7) is 9.76. The van der Waals surface area contributed by atoms with Gasteiger partial charge in [0, 0.05) is 44.7 Å². The predicted molar refractivity (Wildman–Crippen MR) is 85.2 cm³/mol. The molecule has 4 nitrogen and oxygen atoms in total. The van der Waals surface area contributed by atoms with Gasteiger partial charge in [-0.1, -0.05) is 6.92 Å². The quantitative estimate of drug-likeness (QED) is 0.782. The first kappa shape index (κ1) is 16.0. The average molecular weight is 290 g/mol. The number of hydrogen-bond acceptors (Lipinski definition) is 4. The van der Waals surface area contributed by atoms with E-state index in [2.05, 4.69) is 17.1 Å². The highest BCUT2D eigenvalue weighted by Gasteiger charge is 2.14. The van der Waals surface area contributed by atoms with Crippen LogP contribution in [-0.4, -0.2) is 50.0 Å². The van der Waals surface area contributed by atoms with E-state index < -0.39 is 0 Å². The van der Waals surface area contributed by atoms with Gasteiger partial charge in [-0.2, -0.15) is 0 Å². The number of hydrogen-bond donors (Lipinski definition) is 1. The van der Waals surface area contributed by atoms with E-state index in [4.69, 9.17) is 4.74 Å². The Morgan fingerprint density at radius 3 is 2.76 bits per heavy atom. The summed E-state index contributed by atoms with van der Waals surface area (Å²) in [6.07, 6.45) is 1.58. The van der Waals surface area contributed by atoms with Crippen molar-refractivity contribution in [2.75, 3.05) is 39.3 Å². The number of Topliss-reactive ketones (excluding diaryl/α,β-unsaturated/α-hetero) is 1. The Morgan fingerprint density at radius 1 is 1.33 bits per heavy atom. The number of ether oxygens (including phenoxy) is 1. The standard InChI is InChI=1S/C17H26N2O2/c1-3-12-21-15-4-5-16(14(2)13-15)17(20)6-9-19-10-7-18-8-11-19/h4-5,13,18H,3,6-12H2,1-2H3. The third kappa shape index (κ3) is 4.83. The third-order valence-electron chi connectivity index (χ3n) is 3.84. The van der Waals surface area contributed by atoms with Crippen molar-refractivity contribution in [1.29, 1.82) is 0 Å². The second-order valence-corrected chi connectivity index (χ2v) is 5.59. The highest BCUT2D eigenvalue weighted by Crippen LogP contribution is 2.19. The Hall–Kier alpha value is -1.39. The van der Waals surface area contributed by atoms with Gasteiger partial charge in [0.15, 0.2) is 5.78 Å². The van der Waals surface area contributed by atoms with Crippen molar-refractivity contribution in [3.63, 3.8) is 0 Å². The minimum Gasteiger partial charge on any atom is -0.494 e. The van der Waals surface area contributed by atoms with Crippen LogP contribution in [-0.2, 0) is 0 Å². The van der Waals surface area contributed by atoms with Crippen LogP contribution in [0.15, 0.2) is 18.2 Å². The highest BCUT2D eigenvalue weighted by atomic mass is 16.5. The first-order valence-electron chi connectivity index (χ1n) is 7.90. The fraction of sp³-hybridized carbons (Fsp3) is 0.588. The molecule has 2 rings (SSSR count). The first-order chi connectivity index (χ1) is 10.2. The molecule has 0 spiro atoms. The van der Waals surface area contributed by atoms with Gasteiger partial charge < -0.3 is 15.0 Å². The summed E-state index contributed by atoms with van der Waals surface area (Å²) in [5.41, 5.74) is 1.84. The lowest BCUT2D eigenvalue weighted by molar-refractivity contribution is 0.0960. The Morgan fingerprint density at radius 2 is 2.10 bits per heavy atom. The maximum absolute atomic E-state index is 12.4. The summed E-state index contributed by atoms with van der Waals surface area (Å²) in [4.78, 5) is 14.7. The molecule has 1 saturated heterocycles. The van der Waals surface area contributed by atoms with Crippen molar-refractivity contribution >= 4 is 5.78 Å². The smallest absolute Gasteiger partial charge is 0.164 e. The van der Waals surface area contributed by atoms with Crippen LogP contribution in [0, 0.1) is 6.92 Å². The Kier molecular flexibility index (Phi) is 6.21. The molecule has 0 aromatic heterocycles. The zero-order valence-electron chi connectivity index (χ0n) is 13.2. The summed E-state index contributed by atoms with van der Waals surface area (Å²) >= 11 is 0. The lowest BCUT2D eigenvalue weighted by Crippen LogP contribution is -2.44. The van der Waals surface area contributed by atoms with Crippen molar-refractivity contribution in [3.05, 3.63) is 29.3 Å². The number of piperazine rings is 1. The van der Waals surface area contributed by atoms with Gasteiger partial charge in [0.05, 0.1) is 6.61 Å². The molecule has 1 aromatic carbocycles. The van der Waals surface area contributed by atoms with Gasteiger partial charge in [-0.15, -0.1) is 0 Å². The van der Waals surface area contributed by atoms with E-state index in [1.807, 2.05) is 25.1 Å². The van der Waals surface area contributed by atoms with Gasteiger partial charge in [0.2, 0.25) is 0 Å². The van der Waals surface area contributed by atoms with Crippen LogP contribution in [0.4, 0.5) is 0 Å². The fourth-order valence-corrected chi connectivity index (χ4v) is 2.59. The minimum absolute atomic E-state index is 0.230. The maximum atomic E-state index is 12.4. The molecule has 0 aliphatic carbocycles. The number of benzene rings is 1. The van der Waals surface area contributed by atoms with Crippen LogP contribution < -0.4 is 10.1 Å². The normalized spacial score (nSPS) is 15.9. The summed E-state index contributed by atoms with van der Waals surface area (Å²) < 4.78 is 5.60. The summed E-state index contributed by atoms with van der Waals surface area (Å²) in [7, 11) is 0. The highest BCUT2D eigenvalue weighted by molar-refractivity contribution is 5.97. The number of rotatable bonds is 7. The molecule has 1 heterocycles. The second kappa shape index (κ2) is 8.15. The Bertz CT molecular complexity index is 468. The molecule has 1 aromatic rings. The van der Waals surface area contributed by atoms with Gasteiger partial charge in [-0.25, -0.2) is 0 Å². The molecule has 1 aliphatic heterocycles. The molecule has 0 amide bonds. The number of nitrogens with zero attached hydrogens (tertiary/aromatic N) is 1. The minimum atomic E-state index is 0.230. The van der Waals surface area contributed by atoms with Gasteiger partial charge >= 0.3 is 0 Å². The van der Waals surface area contributed by atoms with Crippen molar-refractivity contribution in [3.8, 4) is 5.75 Å². The number of ketones is 1. The van der Waals surface area contributed by atoms with Crippen molar-refractivity contribution in [2.45, 2.75) is 26.7 Å². The van der Waals surface area contributed by atoms with E-state index in [0.29, 0.717) is 6.42 Å². The molecule has 0 radical (unpaired) electrons. The topological polar surface area (TPSA) is 41.6 Å². The zero-order chi connectivity index (χ0) is 15.1. The Labute approximate surface area is 127 Å². The second-order valence-electron chi connectivity index (χ2n) is 5.59. The van der Waals surface area contributed by atoms with Crippen LogP contribution in [0.25, 0.3) is 0 Å². The molecule has 0 saturated carbocycles. The molecule has 0 bridgehead atoms. The van der Waals surface area contributed by atoms with E-state index in [1.54, 1.807) is 0 Å². The molecule has 1 N–H and O–H groups in total. The van der Waals surface area contributed by atoms with E-state index in [1.165, 1.54) is 0 Å². The molecule has 1 fully saturated rings. The lowest BCUT2D eigenvalue weighted by Gasteiger charge is -2.26. The summed E-state index contributed by atoms with van der Waals surface area (Å²) in [6, 6.07) is 5.77. The number of carbonyl (C=O) groups excluding carboxylic acids is 1. The number of nitrogens with one attached hydrogen (secondary N) is 1. The molecule has 4 heteroatoms. The number of aryl methyl sites for hydroxylation is 1. The molecular formula is C17H26N2O2. The molecular weight excluding hydrogens is 264 g/mol. The molecule has 21 heavy (non-hydrogen) atoms.